The highest BCUT2D eigenvalue weighted by atomic mass is 79.9. The summed E-state index contributed by atoms with van der Waals surface area (Å²) >= 11 is 3.31. The van der Waals surface area contributed by atoms with E-state index in [1.165, 1.54) is 5.01 Å². The summed E-state index contributed by atoms with van der Waals surface area (Å²) in [6, 6.07) is 7.25. The van der Waals surface area contributed by atoms with E-state index in [0.29, 0.717) is 5.56 Å². The molecule has 0 aliphatic carbocycles. The lowest BCUT2D eigenvalue weighted by Gasteiger charge is -2.39. The van der Waals surface area contributed by atoms with Gasteiger partial charge < -0.3 is 5.11 Å². The maximum absolute atomic E-state index is 12.6. The SMILES string of the molecule is CC1=NN(C(=O)c2ccc(C)cc2)C(O)(CBr)C1(C)C. The maximum Gasteiger partial charge on any atom is 0.276 e. The topological polar surface area (TPSA) is 52.9 Å². The summed E-state index contributed by atoms with van der Waals surface area (Å²) in [5.74, 6) is -0.295. The van der Waals surface area contributed by atoms with E-state index in [2.05, 4.69) is 21.0 Å². The normalized spacial score (nSPS) is 24.7. The average Bonchev–Trinajstić information content (AvgIpc) is 2.60. The first-order valence-corrected chi connectivity index (χ1v) is 7.61. The maximum atomic E-state index is 12.6. The van der Waals surface area contributed by atoms with Crippen molar-refractivity contribution in [1.29, 1.82) is 0 Å². The Labute approximate surface area is 127 Å². The van der Waals surface area contributed by atoms with Crippen molar-refractivity contribution in [2.45, 2.75) is 33.4 Å². The molecule has 0 radical (unpaired) electrons. The molecule has 108 valence electrons. The molecule has 0 saturated heterocycles. The number of amides is 1. The molecule has 1 aromatic carbocycles. The minimum atomic E-state index is -1.36. The molecule has 1 aliphatic rings. The molecular formula is C15H19BrN2O2. The Morgan fingerprint density at radius 2 is 1.85 bits per heavy atom. The number of hydrazone groups is 1. The van der Waals surface area contributed by atoms with Crippen LogP contribution in [0.2, 0.25) is 0 Å². The highest BCUT2D eigenvalue weighted by Crippen LogP contribution is 2.43. The van der Waals surface area contributed by atoms with Crippen LogP contribution in [0.1, 0.15) is 36.7 Å². The minimum Gasteiger partial charge on any atom is -0.367 e. The molecule has 1 heterocycles. The number of aliphatic hydroxyl groups is 1. The van der Waals surface area contributed by atoms with Gasteiger partial charge in [-0.15, -0.1) is 0 Å². The monoisotopic (exact) mass is 338 g/mol. The number of hydrogen-bond acceptors (Lipinski definition) is 3. The van der Waals surface area contributed by atoms with E-state index in [0.717, 1.165) is 11.3 Å². The van der Waals surface area contributed by atoms with Gasteiger partial charge in [-0.3, -0.25) is 4.79 Å². The zero-order valence-electron chi connectivity index (χ0n) is 12.1. The number of alkyl halides is 1. The van der Waals surface area contributed by atoms with E-state index in [4.69, 9.17) is 0 Å². The molecule has 0 bridgehead atoms. The van der Waals surface area contributed by atoms with Gasteiger partial charge >= 0.3 is 0 Å². The van der Waals surface area contributed by atoms with Crippen molar-refractivity contribution in [2.24, 2.45) is 10.5 Å². The van der Waals surface area contributed by atoms with Crippen LogP contribution in [-0.2, 0) is 0 Å². The fourth-order valence-corrected chi connectivity index (χ4v) is 3.11. The number of carbonyl (C=O) groups excluding carboxylic acids is 1. The predicted octanol–water partition coefficient (Wildman–Crippen LogP) is 2.94. The molecular weight excluding hydrogens is 320 g/mol. The molecule has 1 aromatic rings. The van der Waals surface area contributed by atoms with E-state index in [1.54, 1.807) is 12.1 Å². The molecule has 0 spiro atoms. The van der Waals surface area contributed by atoms with Crippen LogP contribution in [-0.4, -0.2) is 32.8 Å². The second-order valence-corrected chi connectivity index (χ2v) is 6.30. The average molecular weight is 339 g/mol. The number of aryl methyl sites for hydroxylation is 1. The van der Waals surface area contributed by atoms with Crippen LogP contribution in [0.3, 0.4) is 0 Å². The first-order chi connectivity index (χ1) is 9.24. The molecule has 5 heteroatoms. The Hall–Kier alpha value is -1.20. The quantitative estimate of drug-likeness (QED) is 0.843. The van der Waals surface area contributed by atoms with Gasteiger partial charge in [-0.2, -0.15) is 10.1 Å². The standard InChI is InChI=1S/C15H19BrN2O2/c1-10-5-7-12(8-6-10)13(19)18-15(20,9-16)14(3,4)11(2)17-18/h5-8,20H,9H2,1-4H3. The largest absolute Gasteiger partial charge is 0.367 e. The number of hydrogen-bond donors (Lipinski definition) is 1. The molecule has 20 heavy (non-hydrogen) atoms. The van der Waals surface area contributed by atoms with Crippen LogP contribution in [0.25, 0.3) is 0 Å². The molecule has 0 fully saturated rings. The molecule has 1 aliphatic heterocycles. The molecule has 2 rings (SSSR count). The Morgan fingerprint density at radius 3 is 2.35 bits per heavy atom. The number of benzene rings is 1. The third-order valence-corrected chi connectivity index (χ3v) is 4.96. The van der Waals surface area contributed by atoms with E-state index < -0.39 is 11.1 Å². The molecule has 1 unspecified atom stereocenters. The van der Waals surface area contributed by atoms with Crippen LogP contribution in [0.5, 0.6) is 0 Å². The van der Waals surface area contributed by atoms with E-state index in [9.17, 15) is 9.90 Å². The van der Waals surface area contributed by atoms with Gasteiger partial charge in [0.1, 0.15) is 0 Å². The smallest absolute Gasteiger partial charge is 0.276 e. The van der Waals surface area contributed by atoms with Crippen LogP contribution in [0, 0.1) is 12.3 Å². The Bertz CT molecular complexity index is 566. The third-order valence-electron chi connectivity index (χ3n) is 4.18. The Kier molecular flexibility index (Phi) is 3.77. The zero-order valence-corrected chi connectivity index (χ0v) is 13.7. The Balaban J connectivity index is 2.42. The number of carbonyl (C=O) groups is 1. The minimum absolute atomic E-state index is 0.242. The lowest BCUT2D eigenvalue weighted by Crippen LogP contribution is -2.56. The van der Waals surface area contributed by atoms with Gasteiger partial charge in [0.25, 0.3) is 5.91 Å². The fourth-order valence-electron chi connectivity index (χ4n) is 2.17. The van der Waals surface area contributed by atoms with E-state index in [-0.39, 0.29) is 11.2 Å². The molecule has 0 aromatic heterocycles. The summed E-state index contributed by atoms with van der Waals surface area (Å²) in [6.45, 7) is 7.56. The summed E-state index contributed by atoms with van der Waals surface area (Å²) in [5, 5.41) is 16.6. The van der Waals surface area contributed by atoms with E-state index in [1.807, 2.05) is 39.8 Å². The van der Waals surface area contributed by atoms with Crippen LogP contribution >= 0.6 is 15.9 Å². The van der Waals surface area contributed by atoms with Gasteiger partial charge in [-0.25, -0.2) is 0 Å². The number of rotatable bonds is 2. The fraction of sp³-hybridized carbons (Fsp3) is 0.467. The summed E-state index contributed by atoms with van der Waals surface area (Å²) < 4.78 is 0. The highest BCUT2D eigenvalue weighted by molar-refractivity contribution is 9.09. The summed E-state index contributed by atoms with van der Waals surface area (Å²) in [7, 11) is 0. The van der Waals surface area contributed by atoms with Crippen molar-refractivity contribution >= 4 is 27.5 Å². The summed E-state index contributed by atoms with van der Waals surface area (Å²) in [5.41, 5.74) is 0.374. The van der Waals surface area contributed by atoms with Crippen molar-refractivity contribution in [3.05, 3.63) is 35.4 Å². The molecule has 0 saturated carbocycles. The second-order valence-electron chi connectivity index (χ2n) is 5.74. The van der Waals surface area contributed by atoms with Crippen LogP contribution in [0.15, 0.2) is 29.4 Å². The van der Waals surface area contributed by atoms with Gasteiger partial charge in [-0.05, 0) is 39.8 Å². The second kappa shape index (κ2) is 4.97. The lowest BCUT2D eigenvalue weighted by atomic mass is 9.79. The van der Waals surface area contributed by atoms with Crippen molar-refractivity contribution < 1.29 is 9.90 Å². The Morgan fingerprint density at radius 1 is 1.30 bits per heavy atom. The molecule has 1 N–H and O–H groups in total. The third kappa shape index (κ3) is 2.09. The molecule has 4 nitrogen and oxygen atoms in total. The van der Waals surface area contributed by atoms with Crippen LogP contribution < -0.4 is 0 Å². The first-order valence-electron chi connectivity index (χ1n) is 6.49. The molecule has 1 atom stereocenters. The summed E-state index contributed by atoms with van der Waals surface area (Å²) in [4.78, 5) is 12.6. The van der Waals surface area contributed by atoms with Crippen molar-refractivity contribution in [1.82, 2.24) is 5.01 Å². The number of nitrogens with zero attached hydrogens (tertiary/aromatic N) is 2. The first kappa shape index (κ1) is 15.2. The van der Waals surface area contributed by atoms with Gasteiger partial charge in [0, 0.05) is 11.3 Å². The van der Waals surface area contributed by atoms with Crippen molar-refractivity contribution in [3.63, 3.8) is 0 Å². The van der Waals surface area contributed by atoms with Gasteiger partial charge in [-0.1, -0.05) is 33.6 Å². The zero-order chi connectivity index (χ0) is 15.1. The van der Waals surface area contributed by atoms with Gasteiger partial charge in [0.05, 0.1) is 10.7 Å². The van der Waals surface area contributed by atoms with Crippen LogP contribution in [0.4, 0.5) is 0 Å². The lowest BCUT2D eigenvalue weighted by molar-refractivity contribution is -0.104. The molecule has 1 amide bonds. The van der Waals surface area contributed by atoms with Gasteiger partial charge in [0.2, 0.25) is 0 Å². The van der Waals surface area contributed by atoms with Gasteiger partial charge in [0.15, 0.2) is 5.72 Å². The number of halogens is 1. The summed E-state index contributed by atoms with van der Waals surface area (Å²) in [6.07, 6.45) is 0. The highest BCUT2D eigenvalue weighted by Gasteiger charge is 2.56. The van der Waals surface area contributed by atoms with Crippen molar-refractivity contribution in [2.75, 3.05) is 5.33 Å². The van der Waals surface area contributed by atoms with Crippen molar-refractivity contribution in [3.8, 4) is 0 Å². The predicted molar refractivity (Wildman–Crippen MR) is 83.0 cm³/mol. The van der Waals surface area contributed by atoms with E-state index >= 15 is 0 Å².